The van der Waals surface area contributed by atoms with Crippen molar-refractivity contribution in [2.75, 3.05) is 5.32 Å². The second-order valence-electron chi connectivity index (χ2n) is 7.33. The number of carbonyl (C=O) groups is 2. The van der Waals surface area contributed by atoms with Crippen molar-refractivity contribution in [3.63, 3.8) is 0 Å². The molecule has 2 aromatic carbocycles. The second-order valence-corrected chi connectivity index (χ2v) is 7.33. The fraction of sp³-hybridized carbons (Fsp3) is 0.364. The highest BCUT2D eigenvalue weighted by atomic mass is 16.2. The minimum absolute atomic E-state index is 0.0261. The third-order valence-corrected chi connectivity index (χ3v) is 5.68. The van der Waals surface area contributed by atoms with Crippen LogP contribution in [0.1, 0.15) is 32.1 Å². The molecule has 0 heterocycles. The minimum atomic E-state index is -0.0261. The van der Waals surface area contributed by atoms with Crippen molar-refractivity contribution in [3.05, 3.63) is 54.6 Å². The van der Waals surface area contributed by atoms with Gasteiger partial charge in [0.1, 0.15) is 5.78 Å². The number of carbonyl (C=O) groups excluding carboxylic acids is 2. The Hall–Kier alpha value is -2.42. The molecule has 0 radical (unpaired) electrons. The van der Waals surface area contributed by atoms with Crippen LogP contribution in [0.15, 0.2) is 54.6 Å². The van der Waals surface area contributed by atoms with Crippen LogP contribution in [0.3, 0.4) is 0 Å². The minimum Gasteiger partial charge on any atom is -0.326 e. The molecule has 0 unspecified atom stereocenters. The molecule has 0 aliphatic heterocycles. The van der Waals surface area contributed by atoms with E-state index in [1.54, 1.807) is 0 Å². The van der Waals surface area contributed by atoms with Gasteiger partial charge in [0.2, 0.25) is 5.91 Å². The van der Waals surface area contributed by atoms with Gasteiger partial charge in [0.15, 0.2) is 0 Å². The summed E-state index contributed by atoms with van der Waals surface area (Å²) in [6.45, 7) is 0. The lowest BCUT2D eigenvalue weighted by atomic mass is 9.67. The van der Waals surface area contributed by atoms with Gasteiger partial charge in [-0.25, -0.2) is 0 Å². The maximum absolute atomic E-state index is 12.6. The van der Waals surface area contributed by atoms with E-state index in [0.29, 0.717) is 5.78 Å². The second kappa shape index (κ2) is 6.83. The normalized spacial score (nSPS) is 25.4. The van der Waals surface area contributed by atoms with Gasteiger partial charge >= 0.3 is 0 Å². The number of anilines is 1. The van der Waals surface area contributed by atoms with Gasteiger partial charge in [0.25, 0.3) is 0 Å². The number of ketones is 1. The highest BCUT2D eigenvalue weighted by molar-refractivity contribution is 5.95. The molecule has 2 aliphatic carbocycles. The Balaban J connectivity index is 1.42. The molecule has 1 N–H and O–H groups in total. The molecule has 2 fully saturated rings. The third kappa shape index (κ3) is 3.37. The average molecular weight is 333 g/mol. The topological polar surface area (TPSA) is 46.2 Å². The smallest absolute Gasteiger partial charge is 0.227 e. The first-order valence-corrected chi connectivity index (χ1v) is 9.21. The maximum atomic E-state index is 12.6. The molecule has 0 saturated heterocycles. The highest BCUT2D eigenvalue weighted by Crippen LogP contribution is 2.40. The lowest BCUT2D eigenvalue weighted by molar-refractivity contribution is -0.136. The van der Waals surface area contributed by atoms with Crippen LogP contribution in [0.25, 0.3) is 11.1 Å². The number of rotatable bonds is 3. The van der Waals surface area contributed by atoms with E-state index >= 15 is 0 Å². The standard InChI is InChI=1S/C22H23NO2/c24-21-17-7-4-8-18(21)14-19(13-17)22(25)23-20-11-9-16(10-12-20)15-5-2-1-3-6-15/h1-3,5-6,9-12,17-19H,4,7-8,13-14H2,(H,23,25)/t17-,18-/m0/s1. The number of fused-ring (bicyclic) bond motifs is 2. The van der Waals surface area contributed by atoms with Crippen LogP contribution in [0.2, 0.25) is 0 Å². The van der Waals surface area contributed by atoms with Gasteiger partial charge < -0.3 is 5.32 Å². The zero-order chi connectivity index (χ0) is 17.2. The Kier molecular flexibility index (Phi) is 4.39. The SMILES string of the molecule is O=C(Nc1ccc(-c2ccccc2)cc1)C1C[C@@H]2CCC[C@@H](C1)C2=O. The summed E-state index contributed by atoms with van der Waals surface area (Å²) in [6.07, 6.45) is 4.51. The van der Waals surface area contributed by atoms with E-state index in [2.05, 4.69) is 17.4 Å². The summed E-state index contributed by atoms with van der Waals surface area (Å²) in [5.74, 6) is 0.675. The summed E-state index contributed by atoms with van der Waals surface area (Å²) in [4.78, 5) is 24.8. The van der Waals surface area contributed by atoms with E-state index in [9.17, 15) is 9.59 Å². The van der Waals surface area contributed by atoms with Crippen molar-refractivity contribution in [1.82, 2.24) is 0 Å². The van der Waals surface area contributed by atoms with E-state index in [1.165, 1.54) is 5.56 Å². The number of nitrogens with one attached hydrogen (secondary N) is 1. The number of hydrogen-bond acceptors (Lipinski definition) is 2. The zero-order valence-corrected chi connectivity index (χ0v) is 14.3. The van der Waals surface area contributed by atoms with Crippen molar-refractivity contribution in [2.24, 2.45) is 17.8 Å². The predicted octanol–water partition coefficient (Wildman–Crippen LogP) is 4.69. The molecule has 3 heteroatoms. The molecule has 3 nitrogen and oxygen atoms in total. The van der Waals surface area contributed by atoms with Gasteiger partial charge in [-0.1, -0.05) is 48.9 Å². The molecule has 2 atom stereocenters. The van der Waals surface area contributed by atoms with Crippen LogP contribution in [-0.4, -0.2) is 11.7 Å². The van der Waals surface area contributed by atoms with Gasteiger partial charge in [-0.05, 0) is 48.9 Å². The summed E-state index contributed by atoms with van der Waals surface area (Å²) in [5.41, 5.74) is 3.13. The quantitative estimate of drug-likeness (QED) is 0.886. The van der Waals surface area contributed by atoms with E-state index in [-0.39, 0.29) is 23.7 Å². The Morgan fingerprint density at radius 1 is 0.840 bits per heavy atom. The molecule has 2 bridgehead atoms. The summed E-state index contributed by atoms with van der Waals surface area (Å²) >= 11 is 0. The molecule has 0 spiro atoms. The predicted molar refractivity (Wildman–Crippen MR) is 99.1 cm³/mol. The number of amides is 1. The molecule has 128 valence electrons. The molecule has 2 saturated carbocycles. The third-order valence-electron chi connectivity index (χ3n) is 5.68. The molecular formula is C22H23NO2. The number of hydrogen-bond donors (Lipinski definition) is 1. The monoisotopic (exact) mass is 333 g/mol. The molecule has 2 aromatic rings. The van der Waals surface area contributed by atoms with Gasteiger partial charge in [0, 0.05) is 23.4 Å². The molecule has 1 amide bonds. The van der Waals surface area contributed by atoms with Gasteiger partial charge in [0.05, 0.1) is 0 Å². The highest BCUT2D eigenvalue weighted by Gasteiger charge is 2.41. The summed E-state index contributed by atoms with van der Waals surface area (Å²) in [6, 6.07) is 18.2. The van der Waals surface area contributed by atoms with Gasteiger partial charge in [-0.3, -0.25) is 9.59 Å². The number of benzene rings is 2. The van der Waals surface area contributed by atoms with E-state index < -0.39 is 0 Å². The van der Waals surface area contributed by atoms with Crippen LogP contribution in [0.4, 0.5) is 5.69 Å². The molecule has 0 aromatic heterocycles. The molecule has 25 heavy (non-hydrogen) atoms. The first kappa shape index (κ1) is 16.1. The van der Waals surface area contributed by atoms with Crippen molar-refractivity contribution in [3.8, 4) is 11.1 Å². The van der Waals surface area contributed by atoms with Crippen LogP contribution in [0.5, 0.6) is 0 Å². The van der Waals surface area contributed by atoms with Crippen molar-refractivity contribution < 1.29 is 9.59 Å². The van der Waals surface area contributed by atoms with Crippen molar-refractivity contribution in [2.45, 2.75) is 32.1 Å². The summed E-state index contributed by atoms with van der Waals surface area (Å²) in [7, 11) is 0. The van der Waals surface area contributed by atoms with Crippen LogP contribution in [0, 0.1) is 17.8 Å². The fourth-order valence-corrected chi connectivity index (χ4v) is 4.31. The van der Waals surface area contributed by atoms with Gasteiger partial charge in [-0.15, -0.1) is 0 Å². The Labute approximate surface area is 148 Å². The molecule has 2 aliphatic rings. The Morgan fingerprint density at radius 2 is 1.44 bits per heavy atom. The van der Waals surface area contributed by atoms with E-state index in [1.807, 2.05) is 42.5 Å². The van der Waals surface area contributed by atoms with E-state index in [0.717, 1.165) is 43.4 Å². The zero-order valence-electron chi connectivity index (χ0n) is 14.3. The first-order chi connectivity index (χ1) is 12.2. The fourth-order valence-electron chi connectivity index (χ4n) is 4.31. The first-order valence-electron chi connectivity index (χ1n) is 9.21. The Morgan fingerprint density at radius 3 is 2.08 bits per heavy atom. The average Bonchev–Trinajstić information content (AvgIpc) is 2.63. The lowest BCUT2D eigenvalue weighted by Crippen LogP contribution is -2.40. The van der Waals surface area contributed by atoms with Gasteiger partial charge in [-0.2, -0.15) is 0 Å². The molecular weight excluding hydrogens is 310 g/mol. The van der Waals surface area contributed by atoms with Crippen LogP contribution in [-0.2, 0) is 9.59 Å². The summed E-state index contributed by atoms with van der Waals surface area (Å²) < 4.78 is 0. The maximum Gasteiger partial charge on any atom is 0.227 e. The number of Topliss-reactive ketones (excluding diaryl/α,β-unsaturated/α-hetero) is 1. The van der Waals surface area contributed by atoms with Crippen LogP contribution < -0.4 is 5.32 Å². The van der Waals surface area contributed by atoms with Crippen molar-refractivity contribution in [1.29, 1.82) is 0 Å². The largest absolute Gasteiger partial charge is 0.326 e. The lowest BCUT2D eigenvalue weighted by Gasteiger charge is -2.36. The van der Waals surface area contributed by atoms with Crippen LogP contribution >= 0.6 is 0 Å². The molecule has 4 rings (SSSR count). The van der Waals surface area contributed by atoms with Crippen molar-refractivity contribution >= 4 is 17.4 Å². The Bertz CT molecular complexity index is 750. The summed E-state index contributed by atoms with van der Waals surface area (Å²) in [5, 5.41) is 3.04. The van der Waals surface area contributed by atoms with E-state index in [4.69, 9.17) is 0 Å².